The van der Waals surface area contributed by atoms with E-state index in [4.69, 9.17) is 0 Å². The summed E-state index contributed by atoms with van der Waals surface area (Å²) >= 11 is 0. The molecule has 0 aliphatic rings. The van der Waals surface area contributed by atoms with Gasteiger partial charge in [-0.2, -0.15) is 0 Å². The Morgan fingerprint density at radius 1 is 1.12 bits per heavy atom. The molecule has 3 rings (SSSR count). The van der Waals surface area contributed by atoms with Gasteiger partial charge in [-0.3, -0.25) is 4.40 Å². The second-order valence-corrected chi connectivity index (χ2v) is 8.02. The number of hydrogen-bond donors (Lipinski definition) is 1. The van der Waals surface area contributed by atoms with E-state index in [1.807, 2.05) is 13.1 Å². The molecule has 1 N–H and O–H groups in total. The first-order valence-corrected chi connectivity index (χ1v) is 8.86. The van der Waals surface area contributed by atoms with E-state index in [2.05, 4.69) is 84.6 Å². The molecule has 25 heavy (non-hydrogen) atoms. The maximum atomic E-state index is 4.53. The van der Waals surface area contributed by atoms with Gasteiger partial charge in [-0.1, -0.05) is 50.6 Å². The maximum Gasteiger partial charge on any atom is 0.234 e. The predicted molar refractivity (Wildman–Crippen MR) is 103 cm³/mol. The lowest BCUT2D eigenvalue weighted by Crippen LogP contribution is -2.32. The molecular formula is C21H28N4. The molecule has 2 heterocycles. The molecule has 0 saturated heterocycles. The fraction of sp³-hybridized carbons (Fsp3) is 0.429. The van der Waals surface area contributed by atoms with Crippen LogP contribution in [-0.4, -0.2) is 14.4 Å². The zero-order valence-corrected chi connectivity index (χ0v) is 16.1. The quantitative estimate of drug-likeness (QED) is 0.761. The third-order valence-electron chi connectivity index (χ3n) is 4.59. The third-order valence-corrected chi connectivity index (χ3v) is 4.59. The molecule has 0 aliphatic heterocycles. The van der Waals surface area contributed by atoms with Crippen LogP contribution in [0.25, 0.3) is 5.78 Å². The first-order chi connectivity index (χ1) is 11.8. The van der Waals surface area contributed by atoms with E-state index in [-0.39, 0.29) is 11.5 Å². The number of aryl methyl sites for hydroxylation is 3. The van der Waals surface area contributed by atoms with Crippen molar-refractivity contribution in [3.63, 3.8) is 0 Å². The van der Waals surface area contributed by atoms with Crippen LogP contribution in [-0.2, 0) is 6.54 Å². The molecule has 1 atom stereocenters. The SMILES string of the molecule is Cc1cccc(C(NCc2cnc3nc(C)cc(C)n23)C(C)(C)C)c1. The molecule has 4 nitrogen and oxygen atoms in total. The first-order valence-electron chi connectivity index (χ1n) is 8.86. The number of fused-ring (bicyclic) bond motifs is 1. The minimum absolute atomic E-state index is 0.109. The fourth-order valence-electron chi connectivity index (χ4n) is 3.50. The summed E-state index contributed by atoms with van der Waals surface area (Å²) in [7, 11) is 0. The molecule has 1 unspecified atom stereocenters. The monoisotopic (exact) mass is 336 g/mol. The summed E-state index contributed by atoms with van der Waals surface area (Å²) in [5.74, 6) is 0.775. The summed E-state index contributed by atoms with van der Waals surface area (Å²) in [6, 6.07) is 11.1. The zero-order valence-electron chi connectivity index (χ0n) is 16.1. The van der Waals surface area contributed by atoms with Crippen LogP contribution in [0.3, 0.4) is 0 Å². The van der Waals surface area contributed by atoms with E-state index in [1.54, 1.807) is 0 Å². The number of nitrogens with one attached hydrogen (secondary N) is 1. The van der Waals surface area contributed by atoms with Gasteiger partial charge in [-0.05, 0) is 37.8 Å². The highest BCUT2D eigenvalue weighted by Crippen LogP contribution is 2.33. The molecular weight excluding hydrogens is 308 g/mol. The van der Waals surface area contributed by atoms with Crippen molar-refractivity contribution in [2.75, 3.05) is 0 Å². The van der Waals surface area contributed by atoms with Crippen molar-refractivity contribution in [1.29, 1.82) is 0 Å². The summed E-state index contributed by atoms with van der Waals surface area (Å²) in [5, 5.41) is 3.75. The van der Waals surface area contributed by atoms with Gasteiger partial charge in [0, 0.05) is 24.0 Å². The van der Waals surface area contributed by atoms with E-state index in [0.717, 1.165) is 23.7 Å². The second-order valence-electron chi connectivity index (χ2n) is 8.02. The van der Waals surface area contributed by atoms with Crippen LogP contribution in [0.4, 0.5) is 0 Å². The molecule has 0 radical (unpaired) electrons. The number of benzene rings is 1. The Hall–Kier alpha value is -2.20. The van der Waals surface area contributed by atoms with Crippen molar-refractivity contribution in [3.8, 4) is 0 Å². The van der Waals surface area contributed by atoms with Gasteiger partial charge in [0.2, 0.25) is 5.78 Å². The van der Waals surface area contributed by atoms with E-state index < -0.39 is 0 Å². The maximum absolute atomic E-state index is 4.53. The Labute approximate surface area is 150 Å². The minimum atomic E-state index is 0.109. The fourth-order valence-corrected chi connectivity index (χ4v) is 3.50. The van der Waals surface area contributed by atoms with Crippen LogP contribution < -0.4 is 5.32 Å². The molecule has 132 valence electrons. The number of aromatic nitrogens is 3. The van der Waals surface area contributed by atoms with Gasteiger partial charge in [0.25, 0.3) is 0 Å². The Bertz CT molecular complexity index is 887. The largest absolute Gasteiger partial charge is 0.304 e. The van der Waals surface area contributed by atoms with E-state index in [0.29, 0.717) is 0 Å². The van der Waals surface area contributed by atoms with E-state index >= 15 is 0 Å². The second kappa shape index (κ2) is 6.60. The Kier molecular flexibility index (Phi) is 4.65. The van der Waals surface area contributed by atoms with Crippen molar-refractivity contribution in [1.82, 2.24) is 19.7 Å². The average molecular weight is 336 g/mol. The molecule has 2 aromatic heterocycles. The topological polar surface area (TPSA) is 42.2 Å². The normalized spacial score (nSPS) is 13.4. The van der Waals surface area contributed by atoms with Gasteiger partial charge in [-0.25, -0.2) is 9.97 Å². The van der Waals surface area contributed by atoms with E-state index in [9.17, 15) is 0 Å². The third kappa shape index (κ3) is 3.74. The molecule has 0 saturated carbocycles. The summed E-state index contributed by atoms with van der Waals surface area (Å²) in [4.78, 5) is 9.01. The van der Waals surface area contributed by atoms with Crippen molar-refractivity contribution in [2.24, 2.45) is 5.41 Å². The number of rotatable bonds is 4. The highest BCUT2D eigenvalue weighted by Gasteiger charge is 2.26. The van der Waals surface area contributed by atoms with Crippen LogP contribution in [0.5, 0.6) is 0 Å². The van der Waals surface area contributed by atoms with Gasteiger partial charge >= 0.3 is 0 Å². The van der Waals surface area contributed by atoms with Crippen molar-refractivity contribution in [3.05, 3.63) is 64.7 Å². The van der Waals surface area contributed by atoms with Gasteiger partial charge in [0.05, 0.1) is 11.9 Å². The molecule has 0 fully saturated rings. The lowest BCUT2D eigenvalue weighted by atomic mass is 9.82. The van der Waals surface area contributed by atoms with Crippen molar-refractivity contribution in [2.45, 2.75) is 54.1 Å². The zero-order chi connectivity index (χ0) is 18.2. The molecule has 0 bridgehead atoms. The highest BCUT2D eigenvalue weighted by molar-refractivity contribution is 5.35. The standard InChI is InChI=1S/C21H28N4/c1-14-8-7-9-17(10-14)19(21(4,5)6)22-12-18-13-23-20-24-15(2)11-16(3)25(18)20/h7-11,13,19,22H,12H2,1-6H3. The van der Waals surface area contributed by atoms with Gasteiger partial charge in [0.1, 0.15) is 0 Å². The van der Waals surface area contributed by atoms with Crippen LogP contribution in [0.15, 0.2) is 36.5 Å². The lowest BCUT2D eigenvalue weighted by Gasteiger charge is -2.32. The van der Waals surface area contributed by atoms with Crippen LogP contribution >= 0.6 is 0 Å². The molecule has 4 heteroatoms. The molecule has 0 spiro atoms. The number of nitrogens with zero attached hydrogens (tertiary/aromatic N) is 3. The summed E-state index contributed by atoms with van der Waals surface area (Å²) in [5.41, 5.74) is 6.04. The van der Waals surface area contributed by atoms with Crippen molar-refractivity contribution < 1.29 is 0 Å². The van der Waals surface area contributed by atoms with Gasteiger partial charge < -0.3 is 5.32 Å². The first kappa shape index (κ1) is 17.6. The molecule has 1 aromatic carbocycles. The molecule has 3 aromatic rings. The minimum Gasteiger partial charge on any atom is -0.304 e. The smallest absolute Gasteiger partial charge is 0.234 e. The summed E-state index contributed by atoms with van der Waals surface area (Å²) < 4.78 is 2.13. The molecule has 0 aliphatic carbocycles. The van der Waals surface area contributed by atoms with Crippen molar-refractivity contribution >= 4 is 5.78 Å². The number of imidazole rings is 1. The average Bonchev–Trinajstić information content (AvgIpc) is 2.89. The summed E-state index contributed by atoms with van der Waals surface area (Å²) in [6.07, 6.45) is 1.93. The van der Waals surface area contributed by atoms with Crippen LogP contribution in [0.1, 0.15) is 55.0 Å². The van der Waals surface area contributed by atoms with E-state index in [1.165, 1.54) is 16.8 Å². The van der Waals surface area contributed by atoms with Gasteiger partial charge in [-0.15, -0.1) is 0 Å². The lowest BCUT2D eigenvalue weighted by molar-refractivity contribution is 0.270. The Balaban J connectivity index is 1.90. The number of hydrogen-bond acceptors (Lipinski definition) is 3. The van der Waals surface area contributed by atoms with Gasteiger partial charge in [0.15, 0.2) is 0 Å². The van der Waals surface area contributed by atoms with Crippen LogP contribution in [0.2, 0.25) is 0 Å². The van der Waals surface area contributed by atoms with Crippen LogP contribution in [0, 0.1) is 26.2 Å². The predicted octanol–water partition coefficient (Wildman–Crippen LogP) is 4.53. The summed E-state index contributed by atoms with van der Waals surface area (Å²) in [6.45, 7) is 13.8. The molecule has 0 amide bonds. The Morgan fingerprint density at radius 3 is 2.56 bits per heavy atom. The highest BCUT2D eigenvalue weighted by atomic mass is 15.1. The Morgan fingerprint density at radius 2 is 1.88 bits per heavy atom.